The molecule has 2 aliphatic rings. The van der Waals surface area contributed by atoms with Crippen LogP contribution >= 0.6 is 0 Å². The monoisotopic (exact) mass is 430 g/mol. The van der Waals surface area contributed by atoms with Gasteiger partial charge in [0.2, 0.25) is 0 Å². The lowest BCUT2D eigenvalue weighted by Crippen LogP contribution is -2.56. The Hall–Kier alpha value is -1.61. The molecule has 2 fully saturated rings. The molecule has 1 unspecified atom stereocenters. The summed E-state index contributed by atoms with van der Waals surface area (Å²) in [6.45, 7) is 5.21. The third kappa shape index (κ3) is 4.86. The van der Waals surface area contributed by atoms with Crippen LogP contribution in [-0.2, 0) is 24.3 Å². The van der Waals surface area contributed by atoms with Gasteiger partial charge in [-0.2, -0.15) is 13.5 Å². The number of amides is 3. The van der Waals surface area contributed by atoms with Crippen LogP contribution in [-0.4, -0.2) is 79.1 Å². The van der Waals surface area contributed by atoms with Gasteiger partial charge in [-0.15, -0.1) is 4.28 Å². The Morgan fingerprint density at radius 3 is 2.54 bits per heavy atom. The molecule has 0 aromatic heterocycles. The molecule has 2 aliphatic heterocycles. The predicted molar refractivity (Wildman–Crippen MR) is 90.1 cm³/mol. The number of hydroxylamine groups is 3. The molecule has 0 aromatic carbocycles. The summed E-state index contributed by atoms with van der Waals surface area (Å²) in [6.07, 6.45) is -1.06. The minimum atomic E-state index is -5.19. The minimum Gasteiger partial charge on any atom is -0.314 e. The molecule has 0 spiro atoms. The molecule has 0 aromatic rings. The number of carbonyl (C=O) groups is 2. The van der Waals surface area contributed by atoms with Crippen molar-refractivity contribution >= 4 is 22.3 Å². The molecule has 3 atom stereocenters. The van der Waals surface area contributed by atoms with E-state index in [0.717, 1.165) is 4.90 Å². The van der Waals surface area contributed by atoms with E-state index in [1.807, 2.05) is 20.8 Å². The maximum atomic E-state index is 14.4. The van der Waals surface area contributed by atoms with Crippen LogP contribution in [0.2, 0.25) is 0 Å². The Balaban J connectivity index is 2.07. The van der Waals surface area contributed by atoms with Crippen molar-refractivity contribution in [1.29, 1.82) is 0 Å². The van der Waals surface area contributed by atoms with E-state index in [1.54, 1.807) is 7.05 Å². The molecule has 0 radical (unpaired) electrons. The van der Waals surface area contributed by atoms with Crippen LogP contribution in [0, 0.1) is 5.41 Å². The average molecular weight is 430 g/mol. The fourth-order valence-electron chi connectivity index (χ4n) is 3.12. The molecule has 2 rings (SSSR count). The van der Waals surface area contributed by atoms with Gasteiger partial charge in [0.15, 0.2) is 0 Å². The van der Waals surface area contributed by atoms with Crippen molar-refractivity contribution in [3.63, 3.8) is 0 Å². The van der Waals surface area contributed by atoms with E-state index in [0.29, 0.717) is 0 Å². The number of nitrogens with zero attached hydrogens (tertiary/aromatic N) is 2. The van der Waals surface area contributed by atoms with Gasteiger partial charge in [0.25, 0.3) is 11.8 Å². The van der Waals surface area contributed by atoms with Crippen molar-refractivity contribution in [2.45, 2.75) is 51.2 Å². The Bertz CT molecular complexity index is 728. The molecule has 0 aliphatic carbocycles. The zero-order chi connectivity index (χ0) is 21.5. The smallest absolute Gasteiger partial charge is 0.314 e. The van der Waals surface area contributed by atoms with Gasteiger partial charge in [0.05, 0.1) is 13.2 Å². The van der Waals surface area contributed by atoms with E-state index < -0.39 is 53.3 Å². The van der Waals surface area contributed by atoms with Gasteiger partial charge in [0, 0.05) is 12.5 Å². The Labute approximate surface area is 161 Å². The molecular weight excluding hydrogens is 406 g/mol. The first-order chi connectivity index (χ1) is 12.7. The summed E-state index contributed by atoms with van der Waals surface area (Å²) in [7, 11) is -3.49. The third-order valence-electron chi connectivity index (χ3n) is 4.71. The van der Waals surface area contributed by atoms with Crippen LogP contribution < -0.4 is 10.8 Å². The largest absolute Gasteiger partial charge is 0.418 e. The topological polar surface area (TPSA) is 138 Å². The van der Waals surface area contributed by atoms with E-state index in [9.17, 15) is 26.8 Å². The molecule has 14 heteroatoms. The quantitative estimate of drug-likeness (QED) is 0.377. The van der Waals surface area contributed by atoms with Crippen molar-refractivity contribution in [1.82, 2.24) is 20.8 Å². The first kappa shape index (κ1) is 22.7. The van der Waals surface area contributed by atoms with Gasteiger partial charge in [0.1, 0.15) is 12.1 Å². The van der Waals surface area contributed by atoms with Crippen LogP contribution in [0.25, 0.3) is 0 Å². The molecule has 3 N–H and O–H groups in total. The predicted octanol–water partition coefficient (Wildman–Crippen LogP) is -0.0835. The molecule has 2 heterocycles. The van der Waals surface area contributed by atoms with Crippen LogP contribution in [0.3, 0.4) is 0 Å². The number of fused-ring (bicyclic) bond motifs is 2. The maximum absolute atomic E-state index is 14.4. The van der Waals surface area contributed by atoms with Crippen LogP contribution in [0.1, 0.15) is 27.2 Å². The van der Waals surface area contributed by atoms with E-state index in [2.05, 4.69) is 15.1 Å². The number of rotatable bonds is 7. The van der Waals surface area contributed by atoms with Crippen molar-refractivity contribution < 1.29 is 40.5 Å². The summed E-state index contributed by atoms with van der Waals surface area (Å²) in [4.78, 5) is 30.4. The second-order valence-corrected chi connectivity index (χ2v) is 8.75. The van der Waals surface area contributed by atoms with Crippen molar-refractivity contribution in [3.05, 3.63) is 0 Å². The first-order valence-corrected chi connectivity index (χ1v) is 9.77. The summed E-state index contributed by atoms with van der Waals surface area (Å²) in [6, 6.07) is -4.99. The molecule has 2 saturated heterocycles. The average Bonchev–Trinajstić information content (AvgIpc) is 2.80. The Kier molecular flexibility index (Phi) is 6.21. The molecular formula is C14H24F2N4O7S. The molecule has 28 heavy (non-hydrogen) atoms. The highest BCUT2D eigenvalue weighted by atomic mass is 32.3. The first-order valence-electron chi connectivity index (χ1n) is 8.41. The number of piperidine rings is 1. The molecule has 2 bridgehead atoms. The lowest BCUT2D eigenvalue weighted by Gasteiger charge is -2.35. The number of halogens is 2. The number of likely N-dealkylation sites (N-methyl/N-ethyl adjacent to an activating group) is 1. The molecule has 11 nitrogen and oxygen atoms in total. The number of hydrogen-bond acceptors (Lipinski definition) is 7. The van der Waals surface area contributed by atoms with Crippen LogP contribution in [0.4, 0.5) is 13.6 Å². The lowest BCUT2D eigenvalue weighted by atomic mass is 9.87. The van der Waals surface area contributed by atoms with Gasteiger partial charge in [-0.25, -0.2) is 19.1 Å². The maximum Gasteiger partial charge on any atom is 0.418 e. The lowest BCUT2D eigenvalue weighted by molar-refractivity contribution is -0.159. The van der Waals surface area contributed by atoms with Crippen LogP contribution in [0.5, 0.6) is 0 Å². The van der Waals surface area contributed by atoms with Gasteiger partial charge in [-0.05, 0) is 12.5 Å². The number of carbonyl (C=O) groups excluding carboxylic acids is 2. The SMILES string of the molecule is CNC(CONC(=O)[C@@H]1CC(F)(F)[C@@H]2CN1C(=O)N2OS(=O)(=O)O)C(C)(C)C. The highest BCUT2D eigenvalue weighted by molar-refractivity contribution is 7.80. The second-order valence-electron chi connectivity index (χ2n) is 7.74. The molecule has 3 amide bonds. The van der Waals surface area contributed by atoms with Crippen molar-refractivity contribution in [2.75, 3.05) is 20.2 Å². The summed E-state index contributed by atoms with van der Waals surface area (Å²) in [5.41, 5.74) is 1.86. The van der Waals surface area contributed by atoms with E-state index in [-0.39, 0.29) is 23.1 Å². The van der Waals surface area contributed by atoms with Gasteiger partial charge >= 0.3 is 16.4 Å². The van der Waals surface area contributed by atoms with Crippen molar-refractivity contribution in [3.8, 4) is 0 Å². The highest BCUT2D eigenvalue weighted by Gasteiger charge is 2.62. The summed E-state index contributed by atoms with van der Waals surface area (Å²) in [5.74, 6) is -4.61. The second kappa shape index (κ2) is 7.67. The van der Waals surface area contributed by atoms with Crippen molar-refractivity contribution in [2.24, 2.45) is 5.41 Å². The number of nitrogens with one attached hydrogen (secondary N) is 2. The zero-order valence-corrected chi connectivity index (χ0v) is 16.6. The number of alkyl halides is 2. The van der Waals surface area contributed by atoms with Gasteiger partial charge in [-0.3, -0.25) is 14.2 Å². The summed E-state index contributed by atoms with van der Waals surface area (Å²) >= 11 is 0. The fraction of sp³-hybridized carbons (Fsp3) is 0.857. The Morgan fingerprint density at radius 1 is 1.43 bits per heavy atom. The Morgan fingerprint density at radius 2 is 2.04 bits per heavy atom. The van der Waals surface area contributed by atoms with Gasteiger partial charge in [-0.1, -0.05) is 20.8 Å². The fourth-order valence-corrected chi connectivity index (χ4v) is 3.49. The van der Waals surface area contributed by atoms with Gasteiger partial charge < -0.3 is 10.2 Å². The number of urea groups is 1. The standard InChI is InChI=1S/C14H24F2N4O7S/c1-13(2,3)9(17-4)7-26-18-11(21)8-5-14(15,16)10-6-19(8)12(22)20(10)27-28(23,24)25/h8-10,17H,5-7H2,1-4H3,(H,18,21)(H,23,24,25)/t8-,9?,10-/m0/s1. The summed E-state index contributed by atoms with van der Waals surface area (Å²) in [5, 5.41) is 2.88. The van der Waals surface area contributed by atoms with Crippen LogP contribution in [0.15, 0.2) is 0 Å². The molecule has 162 valence electrons. The zero-order valence-electron chi connectivity index (χ0n) is 15.8. The molecule has 0 saturated carbocycles. The summed E-state index contributed by atoms with van der Waals surface area (Å²) < 4.78 is 63.1. The number of hydrogen-bond donors (Lipinski definition) is 3. The van der Waals surface area contributed by atoms with E-state index >= 15 is 0 Å². The highest BCUT2D eigenvalue weighted by Crippen LogP contribution is 2.41. The van der Waals surface area contributed by atoms with E-state index in [1.165, 1.54) is 0 Å². The third-order valence-corrected chi connectivity index (χ3v) is 5.06. The minimum absolute atomic E-state index is 0.0451. The van der Waals surface area contributed by atoms with E-state index in [4.69, 9.17) is 9.39 Å². The normalized spacial score (nSPS) is 25.8.